The zero-order valence-electron chi connectivity index (χ0n) is 11.9. The summed E-state index contributed by atoms with van der Waals surface area (Å²) in [4.78, 5) is 16.1. The number of aromatic nitrogens is 1. The average Bonchev–Trinajstić information content (AvgIpc) is 2.56. The van der Waals surface area contributed by atoms with Crippen LogP contribution in [0.4, 0.5) is 0 Å². The predicted molar refractivity (Wildman–Crippen MR) is 83.0 cm³/mol. The van der Waals surface area contributed by atoms with E-state index >= 15 is 0 Å². The van der Waals surface area contributed by atoms with Gasteiger partial charge in [-0.05, 0) is 43.7 Å². The van der Waals surface area contributed by atoms with Crippen LogP contribution in [0.5, 0.6) is 0 Å². The van der Waals surface area contributed by atoms with Crippen molar-refractivity contribution in [1.82, 2.24) is 10.3 Å². The molecule has 0 radical (unpaired) electrons. The molecule has 108 valence electrons. The van der Waals surface area contributed by atoms with Crippen molar-refractivity contribution in [2.45, 2.75) is 18.8 Å². The third-order valence-electron chi connectivity index (χ3n) is 3.93. The van der Waals surface area contributed by atoms with E-state index in [1.54, 1.807) is 12.1 Å². The molecule has 2 heterocycles. The fraction of sp³-hybridized carbons (Fsp3) is 0.294. The highest BCUT2D eigenvalue weighted by atomic mass is 16.1. The van der Waals surface area contributed by atoms with Crippen LogP contribution in [0.3, 0.4) is 0 Å². The largest absolute Gasteiger partial charge is 0.366 e. The quantitative estimate of drug-likeness (QED) is 0.907. The lowest BCUT2D eigenvalue weighted by molar-refractivity contribution is 0.100. The van der Waals surface area contributed by atoms with Gasteiger partial charge >= 0.3 is 0 Å². The smallest absolute Gasteiger partial charge is 0.248 e. The lowest BCUT2D eigenvalue weighted by atomic mass is 9.95. The second-order valence-electron chi connectivity index (χ2n) is 5.44. The fourth-order valence-corrected chi connectivity index (χ4v) is 2.78. The minimum absolute atomic E-state index is 0.413. The Morgan fingerprint density at radius 3 is 2.86 bits per heavy atom. The molecule has 2 aromatic rings. The third kappa shape index (κ3) is 3.11. The molecule has 1 amide bonds. The number of primary amides is 1. The minimum atomic E-state index is -0.413. The van der Waals surface area contributed by atoms with Gasteiger partial charge in [-0.15, -0.1) is 0 Å². The fourth-order valence-electron chi connectivity index (χ4n) is 2.78. The number of pyridine rings is 1. The summed E-state index contributed by atoms with van der Waals surface area (Å²) in [6.45, 7) is 2.08. The van der Waals surface area contributed by atoms with E-state index in [2.05, 4.69) is 11.4 Å². The SMILES string of the molecule is NC(=O)c1cccc(-c2cccc([C@H]3CCCNC3)n2)c1. The Labute approximate surface area is 124 Å². The van der Waals surface area contributed by atoms with Crippen LogP contribution >= 0.6 is 0 Å². The summed E-state index contributed by atoms with van der Waals surface area (Å²) < 4.78 is 0. The van der Waals surface area contributed by atoms with Gasteiger partial charge in [-0.25, -0.2) is 0 Å². The molecule has 0 unspecified atom stereocenters. The van der Waals surface area contributed by atoms with Gasteiger partial charge < -0.3 is 11.1 Å². The molecule has 3 rings (SSSR count). The van der Waals surface area contributed by atoms with Gasteiger partial charge in [0, 0.05) is 29.3 Å². The Morgan fingerprint density at radius 1 is 1.24 bits per heavy atom. The van der Waals surface area contributed by atoms with E-state index in [4.69, 9.17) is 10.7 Å². The molecule has 0 saturated carbocycles. The van der Waals surface area contributed by atoms with Crippen molar-refractivity contribution in [3.63, 3.8) is 0 Å². The first-order valence-corrected chi connectivity index (χ1v) is 7.32. The molecule has 0 spiro atoms. The van der Waals surface area contributed by atoms with E-state index in [1.807, 2.05) is 24.3 Å². The zero-order chi connectivity index (χ0) is 14.7. The van der Waals surface area contributed by atoms with Crippen molar-refractivity contribution in [2.75, 3.05) is 13.1 Å². The Morgan fingerprint density at radius 2 is 2.10 bits per heavy atom. The van der Waals surface area contributed by atoms with Crippen LogP contribution in [0, 0.1) is 0 Å². The number of piperidine rings is 1. The number of nitrogens with zero attached hydrogens (tertiary/aromatic N) is 1. The van der Waals surface area contributed by atoms with Crippen molar-refractivity contribution in [3.05, 3.63) is 53.7 Å². The lowest BCUT2D eigenvalue weighted by Crippen LogP contribution is -2.28. The summed E-state index contributed by atoms with van der Waals surface area (Å²) in [5.74, 6) is 0.0579. The van der Waals surface area contributed by atoms with Crippen LogP contribution in [-0.2, 0) is 0 Å². The molecular weight excluding hydrogens is 262 g/mol. The second kappa shape index (κ2) is 6.06. The molecule has 1 atom stereocenters. The van der Waals surface area contributed by atoms with Crippen LogP contribution in [0.15, 0.2) is 42.5 Å². The van der Waals surface area contributed by atoms with E-state index in [9.17, 15) is 4.79 Å². The first-order valence-electron chi connectivity index (χ1n) is 7.32. The van der Waals surface area contributed by atoms with Gasteiger partial charge in [-0.1, -0.05) is 18.2 Å². The number of hydrogen-bond donors (Lipinski definition) is 2. The molecule has 21 heavy (non-hydrogen) atoms. The highest BCUT2D eigenvalue weighted by Crippen LogP contribution is 2.25. The van der Waals surface area contributed by atoms with Crippen molar-refractivity contribution in [1.29, 1.82) is 0 Å². The van der Waals surface area contributed by atoms with Gasteiger partial charge in [-0.2, -0.15) is 0 Å². The number of amides is 1. The van der Waals surface area contributed by atoms with E-state index in [0.29, 0.717) is 11.5 Å². The molecule has 0 bridgehead atoms. The van der Waals surface area contributed by atoms with Crippen molar-refractivity contribution in [3.8, 4) is 11.3 Å². The van der Waals surface area contributed by atoms with Gasteiger partial charge in [0.2, 0.25) is 5.91 Å². The number of nitrogens with two attached hydrogens (primary N) is 1. The third-order valence-corrected chi connectivity index (χ3v) is 3.93. The summed E-state index contributed by atoms with van der Waals surface area (Å²) in [6.07, 6.45) is 2.36. The number of benzene rings is 1. The monoisotopic (exact) mass is 281 g/mol. The lowest BCUT2D eigenvalue weighted by Gasteiger charge is -2.22. The molecule has 4 nitrogen and oxygen atoms in total. The van der Waals surface area contributed by atoms with Crippen LogP contribution in [0.25, 0.3) is 11.3 Å². The molecule has 1 aliphatic heterocycles. The van der Waals surface area contributed by atoms with E-state index in [0.717, 1.165) is 30.0 Å². The Bertz CT molecular complexity index is 648. The van der Waals surface area contributed by atoms with Gasteiger partial charge in [-0.3, -0.25) is 9.78 Å². The number of hydrogen-bond acceptors (Lipinski definition) is 3. The highest BCUT2D eigenvalue weighted by Gasteiger charge is 2.16. The number of rotatable bonds is 3. The molecule has 1 fully saturated rings. The van der Waals surface area contributed by atoms with Crippen LogP contribution in [-0.4, -0.2) is 24.0 Å². The molecule has 1 saturated heterocycles. The second-order valence-corrected chi connectivity index (χ2v) is 5.44. The molecule has 3 N–H and O–H groups in total. The number of carbonyl (C=O) groups is 1. The number of carbonyl (C=O) groups excluding carboxylic acids is 1. The maximum atomic E-state index is 11.3. The van der Waals surface area contributed by atoms with E-state index in [1.165, 1.54) is 12.8 Å². The van der Waals surface area contributed by atoms with Crippen molar-refractivity contribution >= 4 is 5.91 Å². The van der Waals surface area contributed by atoms with E-state index in [-0.39, 0.29) is 0 Å². The van der Waals surface area contributed by atoms with Gasteiger partial charge in [0.05, 0.1) is 5.69 Å². The summed E-state index contributed by atoms with van der Waals surface area (Å²) >= 11 is 0. The Hall–Kier alpha value is -2.20. The van der Waals surface area contributed by atoms with Crippen molar-refractivity contribution < 1.29 is 4.79 Å². The molecule has 1 aromatic carbocycles. The standard InChI is InChI=1S/C17H19N3O/c18-17(21)13-5-1-4-12(10-13)15-7-2-8-16(20-15)14-6-3-9-19-11-14/h1-2,4-5,7-8,10,14,19H,3,6,9,11H2,(H2,18,21)/t14-/m0/s1. The number of nitrogens with one attached hydrogen (secondary N) is 1. The van der Waals surface area contributed by atoms with Gasteiger partial charge in [0.25, 0.3) is 0 Å². The summed E-state index contributed by atoms with van der Waals surface area (Å²) in [5.41, 5.74) is 8.79. The first-order chi connectivity index (χ1) is 10.2. The normalized spacial score (nSPS) is 18.4. The Kier molecular flexibility index (Phi) is 3.97. The topological polar surface area (TPSA) is 68.0 Å². The Balaban J connectivity index is 1.92. The predicted octanol–water partition coefficient (Wildman–Crippen LogP) is 2.31. The maximum absolute atomic E-state index is 11.3. The molecule has 0 aliphatic carbocycles. The summed E-state index contributed by atoms with van der Waals surface area (Å²) in [6, 6.07) is 13.4. The van der Waals surface area contributed by atoms with Crippen molar-refractivity contribution in [2.24, 2.45) is 5.73 Å². The summed E-state index contributed by atoms with van der Waals surface area (Å²) in [7, 11) is 0. The van der Waals surface area contributed by atoms with E-state index < -0.39 is 5.91 Å². The molecule has 4 heteroatoms. The van der Waals surface area contributed by atoms with Crippen LogP contribution < -0.4 is 11.1 Å². The van der Waals surface area contributed by atoms with Gasteiger partial charge in [0.1, 0.15) is 0 Å². The van der Waals surface area contributed by atoms with Crippen LogP contribution in [0.1, 0.15) is 34.8 Å². The maximum Gasteiger partial charge on any atom is 0.248 e. The van der Waals surface area contributed by atoms with Gasteiger partial charge in [0.15, 0.2) is 0 Å². The molecule has 1 aliphatic rings. The highest BCUT2D eigenvalue weighted by molar-refractivity contribution is 5.93. The minimum Gasteiger partial charge on any atom is -0.366 e. The molecule has 1 aromatic heterocycles. The first kappa shape index (κ1) is 13.8. The zero-order valence-corrected chi connectivity index (χ0v) is 11.9. The summed E-state index contributed by atoms with van der Waals surface area (Å²) in [5, 5.41) is 3.42. The molecular formula is C17H19N3O. The average molecular weight is 281 g/mol. The van der Waals surface area contributed by atoms with Crippen LogP contribution in [0.2, 0.25) is 0 Å².